The number of hydrogen-bond acceptors (Lipinski definition) is 15. The number of nitrogens with zero attached hydrogens (tertiary/aromatic N) is 10. The molecule has 0 radical (unpaired) electrons. The number of anilines is 7. The summed E-state index contributed by atoms with van der Waals surface area (Å²) in [6, 6.07) is 17.1. The van der Waals surface area contributed by atoms with E-state index in [0.29, 0.717) is 48.1 Å². The Morgan fingerprint density at radius 2 is 1.42 bits per heavy atom. The third-order valence-electron chi connectivity index (χ3n) is 8.22. The van der Waals surface area contributed by atoms with E-state index in [2.05, 4.69) is 66.7 Å². The summed E-state index contributed by atoms with van der Waals surface area (Å²) in [5.74, 6) is 3.40. The van der Waals surface area contributed by atoms with Crippen LogP contribution < -0.4 is 31.5 Å². The minimum atomic E-state index is -0.449. The Bertz CT molecular complexity index is 1940. The minimum Gasteiger partial charge on any atom is -0.444 e. The van der Waals surface area contributed by atoms with Crippen molar-refractivity contribution in [3.63, 3.8) is 0 Å². The van der Waals surface area contributed by atoms with E-state index >= 15 is 0 Å². The first-order valence-corrected chi connectivity index (χ1v) is 17.6. The molecule has 7 rings (SSSR count). The van der Waals surface area contributed by atoms with E-state index in [1.165, 1.54) is 0 Å². The molecule has 0 aromatic carbocycles. The number of rotatable bonds is 7. The topological polar surface area (TPSA) is 188 Å². The molecule has 2 aliphatic rings. The maximum absolute atomic E-state index is 12.0. The highest BCUT2D eigenvalue weighted by atomic mass is 16.6. The van der Waals surface area contributed by atoms with Gasteiger partial charge in [-0.2, -0.15) is 4.98 Å². The fourth-order valence-electron chi connectivity index (χ4n) is 5.58. The molecule has 5 N–H and O–H groups in total. The van der Waals surface area contributed by atoms with Gasteiger partial charge in [-0.15, -0.1) is 0 Å². The number of carbonyl (C=O) groups is 1. The van der Waals surface area contributed by atoms with Gasteiger partial charge >= 0.3 is 6.09 Å². The normalized spacial score (nSPS) is 14.5. The largest absolute Gasteiger partial charge is 0.444 e. The Balaban J connectivity index is 0.000000206. The molecule has 1 amide bonds. The van der Waals surface area contributed by atoms with E-state index in [1.807, 2.05) is 64.2 Å². The maximum Gasteiger partial charge on any atom is 0.410 e. The second kappa shape index (κ2) is 16.9. The number of nitrogens with one attached hydrogen (secondary N) is 3. The van der Waals surface area contributed by atoms with E-state index in [4.69, 9.17) is 10.5 Å². The standard InChI is InChI=1S/C23H24N10.C14H22N4O2/c1-16-3-2-4-18(28-16)22-25-9-7-20(30-22)29-21-8-10-26-23(32-21)31-19-6-5-17(15-27-19)33-13-11-24-12-14-33;1-14(2,3)20-13(19)18-8-6-17(7-9-18)11-4-5-12(15)16-10-11/h2-10,15,24H,11-14H2,1H3,(H2,25,26,27,29,30,31,32);4-5,10H,6-9H2,1-3H3,(H2,15,16). The molecule has 2 saturated heterocycles. The Hall–Kier alpha value is -6.16. The molecule has 0 atom stereocenters. The zero-order valence-electron chi connectivity index (χ0n) is 30.5. The smallest absolute Gasteiger partial charge is 0.410 e. The van der Waals surface area contributed by atoms with Crippen LogP contribution in [-0.4, -0.2) is 104 Å². The first kappa shape index (κ1) is 36.6. The molecule has 0 unspecified atom stereocenters. The van der Waals surface area contributed by atoms with Gasteiger partial charge in [0.15, 0.2) is 5.82 Å². The van der Waals surface area contributed by atoms with E-state index in [9.17, 15) is 4.79 Å². The summed E-state index contributed by atoms with van der Waals surface area (Å²) in [5.41, 5.74) is 8.90. The van der Waals surface area contributed by atoms with Gasteiger partial charge in [-0.3, -0.25) is 0 Å². The van der Waals surface area contributed by atoms with Crippen LogP contribution in [0.25, 0.3) is 11.5 Å². The van der Waals surface area contributed by atoms with Crippen LogP contribution in [0.3, 0.4) is 0 Å². The third kappa shape index (κ3) is 10.7. The molecule has 2 fully saturated rings. The molecule has 5 aromatic rings. The van der Waals surface area contributed by atoms with Crippen LogP contribution in [0.2, 0.25) is 0 Å². The van der Waals surface area contributed by atoms with Crippen molar-refractivity contribution in [2.24, 2.45) is 0 Å². The average Bonchev–Trinajstić information content (AvgIpc) is 3.16. The molecule has 53 heavy (non-hydrogen) atoms. The first-order valence-electron chi connectivity index (χ1n) is 17.6. The van der Waals surface area contributed by atoms with Crippen LogP contribution in [0.5, 0.6) is 0 Å². The van der Waals surface area contributed by atoms with Crippen molar-refractivity contribution >= 4 is 46.7 Å². The number of aromatic nitrogens is 7. The van der Waals surface area contributed by atoms with E-state index in [-0.39, 0.29) is 6.09 Å². The van der Waals surface area contributed by atoms with Crippen LogP contribution in [-0.2, 0) is 4.74 Å². The van der Waals surface area contributed by atoms with Gasteiger partial charge in [0.25, 0.3) is 0 Å². The molecule has 0 saturated carbocycles. The number of pyridine rings is 3. The summed E-state index contributed by atoms with van der Waals surface area (Å²) < 4.78 is 5.37. The van der Waals surface area contributed by atoms with Gasteiger partial charge in [0.05, 0.1) is 23.8 Å². The number of ether oxygens (including phenoxy) is 1. The fourth-order valence-corrected chi connectivity index (χ4v) is 5.58. The molecule has 7 heterocycles. The molecular formula is C37H46N14O2. The van der Waals surface area contributed by atoms with Gasteiger partial charge < -0.3 is 41.1 Å². The second-order valence-electron chi connectivity index (χ2n) is 13.5. The van der Waals surface area contributed by atoms with Gasteiger partial charge in [-0.05, 0) is 76.2 Å². The summed E-state index contributed by atoms with van der Waals surface area (Å²) in [4.78, 5) is 49.0. The fraction of sp³-hybridized carbons (Fsp3) is 0.351. The van der Waals surface area contributed by atoms with Crippen LogP contribution in [0.4, 0.5) is 45.4 Å². The van der Waals surface area contributed by atoms with Gasteiger partial charge in [0.2, 0.25) is 5.95 Å². The Morgan fingerprint density at radius 3 is 2.08 bits per heavy atom. The first-order chi connectivity index (χ1) is 25.6. The zero-order chi connectivity index (χ0) is 37.2. The molecule has 5 aromatic heterocycles. The summed E-state index contributed by atoms with van der Waals surface area (Å²) in [6.45, 7) is 14.4. The van der Waals surface area contributed by atoms with Crippen molar-refractivity contribution in [2.75, 3.05) is 78.5 Å². The zero-order valence-corrected chi connectivity index (χ0v) is 30.5. The molecule has 0 spiro atoms. The van der Waals surface area contributed by atoms with E-state index in [0.717, 1.165) is 62.0 Å². The summed E-state index contributed by atoms with van der Waals surface area (Å²) in [7, 11) is 0. The predicted octanol–water partition coefficient (Wildman–Crippen LogP) is 4.65. The van der Waals surface area contributed by atoms with Crippen molar-refractivity contribution in [3.8, 4) is 11.5 Å². The summed E-state index contributed by atoms with van der Waals surface area (Å²) in [6.07, 6.45) is 6.76. The predicted molar refractivity (Wildman–Crippen MR) is 207 cm³/mol. The Morgan fingerprint density at radius 1 is 0.736 bits per heavy atom. The second-order valence-corrected chi connectivity index (χ2v) is 13.5. The lowest BCUT2D eigenvalue weighted by Gasteiger charge is -2.36. The molecule has 2 aliphatic heterocycles. The van der Waals surface area contributed by atoms with Crippen LogP contribution in [0, 0.1) is 6.92 Å². The van der Waals surface area contributed by atoms with Gasteiger partial charge in [0, 0.05) is 70.4 Å². The van der Waals surface area contributed by atoms with E-state index < -0.39 is 5.60 Å². The van der Waals surface area contributed by atoms with Crippen molar-refractivity contribution in [2.45, 2.75) is 33.3 Å². The lowest BCUT2D eigenvalue weighted by molar-refractivity contribution is 0.0240. The lowest BCUT2D eigenvalue weighted by atomic mass is 10.2. The Kier molecular flexibility index (Phi) is 11.7. The highest BCUT2D eigenvalue weighted by Crippen LogP contribution is 2.21. The minimum absolute atomic E-state index is 0.243. The third-order valence-corrected chi connectivity index (χ3v) is 8.22. The molecule has 16 nitrogen and oxygen atoms in total. The van der Waals surface area contributed by atoms with Crippen LogP contribution >= 0.6 is 0 Å². The van der Waals surface area contributed by atoms with Gasteiger partial charge in [-0.1, -0.05) is 6.07 Å². The monoisotopic (exact) mass is 718 g/mol. The maximum atomic E-state index is 12.0. The van der Waals surface area contributed by atoms with Gasteiger partial charge in [-0.25, -0.2) is 34.7 Å². The van der Waals surface area contributed by atoms with Crippen molar-refractivity contribution < 1.29 is 9.53 Å². The van der Waals surface area contributed by atoms with Crippen LogP contribution in [0.15, 0.2) is 79.4 Å². The quantitative estimate of drug-likeness (QED) is 0.182. The highest BCUT2D eigenvalue weighted by molar-refractivity contribution is 5.68. The van der Waals surface area contributed by atoms with Gasteiger partial charge in [0.1, 0.15) is 34.6 Å². The van der Waals surface area contributed by atoms with Crippen molar-refractivity contribution in [3.05, 3.63) is 85.1 Å². The lowest BCUT2D eigenvalue weighted by Crippen LogP contribution is -2.50. The number of hydrogen-bond donors (Lipinski definition) is 4. The summed E-state index contributed by atoms with van der Waals surface area (Å²) in [5, 5.41) is 9.72. The average molecular weight is 719 g/mol. The molecule has 0 aliphatic carbocycles. The summed E-state index contributed by atoms with van der Waals surface area (Å²) >= 11 is 0. The number of nitrogens with two attached hydrogens (primary N) is 1. The van der Waals surface area contributed by atoms with Crippen molar-refractivity contribution in [1.82, 2.24) is 45.1 Å². The SMILES string of the molecule is CC(C)(C)OC(=O)N1CCN(c2ccc(N)nc2)CC1.Cc1cccc(-c2nccc(Nc3ccnc(Nc4ccc(N5CCNCC5)cn4)n3)n2)n1. The number of nitrogen functional groups attached to an aromatic ring is 1. The number of aryl methyl sites for hydroxylation is 1. The number of amides is 1. The number of piperazine rings is 2. The van der Waals surface area contributed by atoms with Crippen LogP contribution in [0.1, 0.15) is 26.5 Å². The molecule has 276 valence electrons. The molecule has 0 bridgehead atoms. The molecular weight excluding hydrogens is 673 g/mol. The highest BCUT2D eigenvalue weighted by Gasteiger charge is 2.26. The Labute approximate surface area is 309 Å². The van der Waals surface area contributed by atoms with E-state index in [1.54, 1.807) is 41.7 Å². The number of carbonyl (C=O) groups excluding carboxylic acids is 1. The molecule has 16 heteroatoms. The van der Waals surface area contributed by atoms with Crippen molar-refractivity contribution in [1.29, 1.82) is 0 Å².